The van der Waals surface area contributed by atoms with Gasteiger partial charge in [0.1, 0.15) is 0 Å². The summed E-state index contributed by atoms with van der Waals surface area (Å²) in [6.45, 7) is -0.141. The van der Waals surface area contributed by atoms with E-state index in [-0.39, 0.29) is 26.6 Å². The molecule has 0 aliphatic heterocycles. The Balaban J connectivity index is 0.00000324. The van der Waals surface area contributed by atoms with E-state index in [1.165, 1.54) is 10.6 Å². The monoisotopic (exact) mass is 464 g/mol. The van der Waals surface area contributed by atoms with Crippen LogP contribution in [0.25, 0.3) is 0 Å². The molecule has 4 rings (SSSR count). The lowest BCUT2D eigenvalue weighted by Gasteiger charge is -2.29. The van der Waals surface area contributed by atoms with E-state index in [9.17, 15) is 9.90 Å². The van der Waals surface area contributed by atoms with Crippen LogP contribution in [0.15, 0.2) is 121 Å². The summed E-state index contributed by atoms with van der Waals surface area (Å²) in [7, 11) is -0.830. The van der Waals surface area contributed by atoms with Gasteiger partial charge in [0.15, 0.2) is 0 Å². The van der Waals surface area contributed by atoms with Crippen molar-refractivity contribution in [3.8, 4) is 0 Å². The van der Waals surface area contributed by atoms with Crippen molar-refractivity contribution in [1.82, 2.24) is 5.32 Å². The molecule has 3 nitrogen and oxygen atoms in total. The fourth-order valence-electron chi connectivity index (χ4n) is 4.07. The van der Waals surface area contributed by atoms with Crippen LogP contribution in [0.1, 0.15) is 29.2 Å². The minimum atomic E-state index is -0.830. The molecule has 5 heteroatoms. The van der Waals surface area contributed by atoms with Crippen molar-refractivity contribution in [2.75, 3.05) is 6.61 Å². The summed E-state index contributed by atoms with van der Waals surface area (Å²) in [4.78, 5) is 13.3. The third kappa shape index (κ3) is 6.44. The molecule has 0 saturated heterocycles. The fourth-order valence-corrected chi connectivity index (χ4v) is 6.89. The molecular weight excluding hydrogens is 436 g/mol. The first kappa shape index (κ1) is 25.4. The first-order valence-corrected chi connectivity index (χ1v) is 12.6. The van der Waals surface area contributed by atoms with Crippen LogP contribution in [0.2, 0.25) is 0 Å². The quantitative estimate of drug-likeness (QED) is 0.278. The maximum absolute atomic E-state index is 13.3. The highest BCUT2D eigenvalue weighted by Gasteiger charge is 2.29. The Morgan fingerprint density at radius 2 is 1.09 bits per heavy atom. The summed E-state index contributed by atoms with van der Waals surface area (Å²) < 4.78 is 0. The number of hydrogen-bond donors (Lipinski definition) is 2. The van der Waals surface area contributed by atoms with E-state index in [2.05, 4.69) is 66.0 Å². The summed E-state index contributed by atoms with van der Waals surface area (Å²) in [5, 5.41) is 15.5. The van der Waals surface area contributed by atoms with Crippen LogP contribution in [-0.4, -0.2) is 26.0 Å². The number of hydrogen-bond acceptors (Lipinski definition) is 2. The lowest BCUT2D eigenvalue weighted by molar-refractivity contribution is -0.122. The van der Waals surface area contributed by atoms with E-state index in [1.54, 1.807) is 0 Å². The molecular formula is C29H28BNO2P. The average Bonchev–Trinajstić information content (AvgIpc) is 2.89. The van der Waals surface area contributed by atoms with Crippen molar-refractivity contribution in [2.45, 2.75) is 18.1 Å². The molecule has 0 aliphatic carbocycles. The maximum Gasteiger partial charge on any atom is 0.221 e. The molecule has 0 aromatic heterocycles. The Labute approximate surface area is 205 Å². The summed E-state index contributed by atoms with van der Waals surface area (Å²) >= 11 is 0. The standard InChI is InChI=1S/C29H28NO2P.B/c31-22-27(23-13-5-1-6-14-23)30-29(32)21-28(24-15-7-2-8-16-24)33(25-17-9-3-10-18-25)26-19-11-4-12-20-26;/h1-20,27-28,31H,21-22H2,(H,30,32);/t27-,28+;/m0./s1. The number of carbonyl (C=O) groups excluding carboxylic acids is 1. The van der Waals surface area contributed by atoms with Gasteiger partial charge in [-0.1, -0.05) is 121 Å². The van der Waals surface area contributed by atoms with E-state index >= 15 is 0 Å². The van der Waals surface area contributed by atoms with Gasteiger partial charge in [0.2, 0.25) is 5.91 Å². The smallest absolute Gasteiger partial charge is 0.221 e. The number of aliphatic hydroxyl groups excluding tert-OH is 1. The Morgan fingerprint density at radius 3 is 1.53 bits per heavy atom. The van der Waals surface area contributed by atoms with Crippen molar-refractivity contribution < 1.29 is 9.90 Å². The first-order chi connectivity index (χ1) is 16.3. The molecule has 169 valence electrons. The van der Waals surface area contributed by atoms with Crippen LogP contribution >= 0.6 is 7.92 Å². The number of benzene rings is 4. The molecule has 4 aromatic rings. The molecule has 0 spiro atoms. The van der Waals surface area contributed by atoms with Gasteiger partial charge >= 0.3 is 0 Å². The van der Waals surface area contributed by atoms with Gasteiger partial charge in [-0.3, -0.25) is 4.79 Å². The van der Waals surface area contributed by atoms with Crippen molar-refractivity contribution in [1.29, 1.82) is 0 Å². The second-order valence-corrected chi connectivity index (χ2v) is 10.3. The van der Waals surface area contributed by atoms with Crippen molar-refractivity contribution in [3.05, 3.63) is 132 Å². The minimum Gasteiger partial charge on any atom is -0.394 e. The second-order valence-electron chi connectivity index (χ2n) is 7.89. The normalized spacial score (nSPS) is 12.4. The van der Waals surface area contributed by atoms with Gasteiger partial charge in [-0.05, 0) is 29.7 Å². The highest BCUT2D eigenvalue weighted by atomic mass is 31.1. The summed E-state index contributed by atoms with van der Waals surface area (Å²) in [5.41, 5.74) is 2.05. The third-order valence-electron chi connectivity index (χ3n) is 5.66. The van der Waals surface area contributed by atoms with Gasteiger partial charge < -0.3 is 10.4 Å². The predicted octanol–water partition coefficient (Wildman–Crippen LogP) is 4.72. The fraction of sp³-hybridized carbons (Fsp3) is 0.138. The van der Waals surface area contributed by atoms with Crippen molar-refractivity contribution >= 4 is 32.9 Å². The van der Waals surface area contributed by atoms with Gasteiger partial charge in [-0.2, -0.15) is 0 Å². The third-order valence-corrected chi connectivity index (χ3v) is 8.48. The molecule has 0 aliphatic rings. The van der Waals surface area contributed by atoms with E-state index in [4.69, 9.17) is 0 Å². The number of rotatable bonds is 9. The molecule has 0 heterocycles. The molecule has 1 amide bonds. The highest BCUT2D eigenvalue weighted by molar-refractivity contribution is 7.73. The van der Waals surface area contributed by atoms with Crippen LogP contribution in [-0.2, 0) is 4.79 Å². The Kier molecular flexibility index (Phi) is 9.64. The molecule has 0 bridgehead atoms. The zero-order valence-corrected chi connectivity index (χ0v) is 19.9. The van der Waals surface area contributed by atoms with Crippen molar-refractivity contribution in [2.24, 2.45) is 0 Å². The number of aliphatic hydroxyl groups is 1. The molecule has 0 fully saturated rings. The SMILES string of the molecule is O=C(C[C@H](c1ccccc1)P(c1ccccc1)c1ccccc1)N[C@@H](CO)c1ccccc1.[B]. The van der Waals surface area contributed by atoms with Gasteiger partial charge in [0.05, 0.1) is 12.6 Å². The molecule has 0 saturated carbocycles. The zero-order valence-electron chi connectivity index (χ0n) is 19.0. The van der Waals surface area contributed by atoms with Crippen LogP contribution in [0.4, 0.5) is 0 Å². The summed E-state index contributed by atoms with van der Waals surface area (Å²) in [5.74, 6) is -0.0638. The molecule has 0 unspecified atom stereocenters. The number of amides is 1. The van der Waals surface area contributed by atoms with Gasteiger partial charge in [0.25, 0.3) is 0 Å². The first-order valence-electron chi connectivity index (χ1n) is 11.2. The van der Waals surface area contributed by atoms with Crippen LogP contribution in [0, 0.1) is 0 Å². The second kappa shape index (κ2) is 12.9. The molecule has 2 N–H and O–H groups in total. The van der Waals surface area contributed by atoms with Gasteiger partial charge in [-0.25, -0.2) is 0 Å². The molecule has 34 heavy (non-hydrogen) atoms. The zero-order chi connectivity index (χ0) is 22.9. The molecule has 3 radical (unpaired) electrons. The van der Waals surface area contributed by atoms with Crippen LogP contribution < -0.4 is 15.9 Å². The average molecular weight is 464 g/mol. The summed E-state index contributed by atoms with van der Waals surface area (Å²) in [6.07, 6.45) is 0.336. The molecule has 4 aromatic carbocycles. The molecule has 2 atom stereocenters. The summed E-state index contributed by atoms with van der Waals surface area (Å²) in [6, 6.07) is 40.4. The Hall–Kier alpha value is -3.20. The van der Waals surface area contributed by atoms with Gasteiger partial charge in [-0.15, -0.1) is 0 Å². The topological polar surface area (TPSA) is 49.3 Å². The van der Waals surface area contributed by atoms with E-state index in [0.29, 0.717) is 6.42 Å². The Morgan fingerprint density at radius 1 is 0.676 bits per heavy atom. The van der Waals surface area contributed by atoms with Gasteiger partial charge in [0, 0.05) is 20.5 Å². The van der Waals surface area contributed by atoms with E-state index < -0.39 is 14.0 Å². The highest BCUT2D eigenvalue weighted by Crippen LogP contribution is 2.51. The minimum absolute atomic E-state index is 0. The van der Waals surface area contributed by atoms with Crippen molar-refractivity contribution in [3.63, 3.8) is 0 Å². The van der Waals surface area contributed by atoms with Crippen LogP contribution in [0.3, 0.4) is 0 Å². The lowest BCUT2D eigenvalue weighted by atomic mass is 10.1. The maximum atomic E-state index is 13.3. The lowest BCUT2D eigenvalue weighted by Crippen LogP contribution is -2.32. The van der Waals surface area contributed by atoms with Crippen LogP contribution in [0.5, 0.6) is 0 Å². The number of nitrogens with one attached hydrogen (secondary N) is 1. The Bertz CT molecular complexity index is 1090. The largest absolute Gasteiger partial charge is 0.394 e. The number of carbonyl (C=O) groups is 1. The van der Waals surface area contributed by atoms with E-state index in [0.717, 1.165) is 11.1 Å². The van der Waals surface area contributed by atoms with E-state index in [1.807, 2.05) is 60.7 Å². The predicted molar refractivity (Wildman–Crippen MR) is 143 cm³/mol.